The normalized spacial score (nSPS) is 13.7. The highest BCUT2D eigenvalue weighted by Gasteiger charge is 2.11. The third-order valence-corrected chi connectivity index (χ3v) is 3.62. The summed E-state index contributed by atoms with van der Waals surface area (Å²) in [5, 5.41) is 0. The van der Waals surface area contributed by atoms with Crippen molar-refractivity contribution < 1.29 is 4.79 Å². The van der Waals surface area contributed by atoms with Gasteiger partial charge in [0.15, 0.2) is 0 Å². The summed E-state index contributed by atoms with van der Waals surface area (Å²) in [5.74, 6) is 0.399. The Hall–Kier alpha value is -1.11. The predicted molar refractivity (Wildman–Crippen MR) is 71.3 cm³/mol. The topological polar surface area (TPSA) is 17.1 Å². The Labute approximate surface area is 104 Å². The van der Waals surface area contributed by atoms with E-state index in [0.29, 0.717) is 12.2 Å². The van der Waals surface area contributed by atoms with Crippen LogP contribution in [0.25, 0.3) is 0 Å². The molecule has 0 heterocycles. The molecule has 0 aromatic heterocycles. The Morgan fingerprint density at radius 1 is 1.18 bits per heavy atom. The average Bonchev–Trinajstić information content (AvgIpc) is 2.76. The smallest absolute Gasteiger partial charge is 0.137 e. The van der Waals surface area contributed by atoms with Crippen LogP contribution in [0.1, 0.15) is 55.7 Å². The molecular formula is C16H22O. The molecule has 17 heavy (non-hydrogen) atoms. The van der Waals surface area contributed by atoms with E-state index in [1.807, 2.05) is 0 Å². The van der Waals surface area contributed by atoms with E-state index in [1.54, 1.807) is 0 Å². The summed E-state index contributed by atoms with van der Waals surface area (Å²) in [6.45, 7) is 2.17. The molecule has 0 amide bonds. The SMILES string of the molecule is CCCCCC(=O)Cc1ccc2c(c1)CCC2. The summed E-state index contributed by atoms with van der Waals surface area (Å²) in [7, 11) is 0. The average molecular weight is 230 g/mol. The lowest BCUT2D eigenvalue weighted by atomic mass is 10.0. The van der Waals surface area contributed by atoms with Crippen LogP contribution in [0.4, 0.5) is 0 Å². The van der Waals surface area contributed by atoms with Gasteiger partial charge in [0, 0.05) is 12.8 Å². The quantitative estimate of drug-likeness (QED) is 0.678. The van der Waals surface area contributed by atoms with Crippen LogP contribution >= 0.6 is 0 Å². The van der Waals surface area contributed by atoms with E-state index in [4.69, 9.17) is 0 Å². The number of Topliss-reactive ketones (excluding diaryl/α,β-unsaturated/α-hetero) is 1. The largest absolute Gasteiger partial charge is 0.299 e. The Kier molecular flexibility index (Phi) is 4.36. The maximum atomic E-state index is 11.8. The number of carbonyl (C=O) groups excluding carboxylic acids is 1. The molecule has 0 N–H and O–H groups in total. The fraction of sp³-hybridized carbons (Fsp3) is 0.562. The predicted octanol–water partition coefficient (Wildman–Crippen LogP) is 3.87. The maximum absolute atomic E-state index is 11.8. The first kappa shape index (κ1) is 12.3. The molecule has 0 saturated heterocycles. The van der Waals surface area contributed by atoms with Gasteiger partial charge in [-0.2, -0.15) is 0 Å². The first-order valence-electron chi connectivity index (χ1n) is 6.92. The molecule has 1 aromatic rings. The Balaban J connectivity index is 1.88. The number of hydrogen-bond donors (Lipinski definition) is 0. The molecule has 1 aliphatic rings. The highest BCUT2D eigenvalue weighted by molar-refractivity contribution is 5.80. The molecule has 1 aliphatic carbocycles. The van der Waals surface area contributed by atoms with Crippen LogP contribution in [0.5, 0.6) is 0 Å². The van der Waals surface area contributed by atoms with E-state index in [0.717, 1.165) is 12.8 Å². The fourth-order valence-electron chi connectivity index (χ4n) is 2.62. The fourth-order valence-corrected chi connectivity index (χ4v) is 2.62. The molecule has 1 heteroatoms. The molecule has 92 valence electrons. The van der Waals surface area contributed by atoms with Gasteiger partial charge in [-0.3, -0.25) is 4.79 Å². The Morgan fingerprint density at radius 3 is 2.82 bits per heavy atom. The number of benzene rings is 1. The van der Waals surface area contributed by atoms with Crippen LogP contribution in [0.2, 0.25) is 0 Å². The number of fused-ring (bicyclic) bond motifs is 1. The van der Waals surface area contributed by atoms with Crippen LogP contribution in [0, 0.1) is 0 Å². The second-order valence-corrected chi connectivity index (χ2v) is 5.13. The van der Waals surface area contributed by atoms with Crippen molar-refractivity contribution in [1.82, 2.24) is 0 Å². The van der Waals surface area contributed by atoms with E-state index in [2.05, 4.69) is 25.1 Å². The standard InChI is InChI=1S/C16H22O/c1-2-3-4-8-16(17)12-13-9-10-14-6-5-7-15(14)11-13/h9-11H,2-8,12H2,1H3. The third-order valence-electron chi connectivity index (χ3n) is 3.62. The number of aryl methyl sites for hydroxylation is 2. The number of ketones is 1. The van der Waals surface area contributed by atoms with Crippen molar-refractivity contribution in [3.63, 3.8) is 0 Å². The molecule has 0 bridgehead atoms. The third kappa shape index (κ3) is 3.42. The van der Waals surface area contributed by atoms with Gasteiger partial charge in [0.2, 0.25) is 0 Å². The minimum absolute atomic E-state index is 0.399. The second kappa shape index (κ2) is 6.00. The van der Waals surface area contributed by atoms with Crippen LogP contribution in [-0.4, -0.2) is 5.78 Å². The minimum atomic E-state index is 0.399. The molecule has 0 fully saturated rings. The van der Waals surface area contributed by atoms with Crippen molar-refractivity contribution >= 4 is 5.78 Å². The van der Waals surface area contributed by atoms with Crippen LogP contribution in [-0.2, 0) is 24.1 Å². The van der Waals surface area contributed by atoms with Crippen molar-refractivity contribution in [3.05, 3.63) is 34.9 Å². The summed E-state index contributed by atoms with van der Waals surface area (Å²) < 4.78 is 0. The second-order valence-electron chi connectivity index (χ2n) is 5.13. The number of hydrogen-bond acceptors (Lipinski definition) is 1. The van der Waals surface area contributed by atoms with Crippen molar-refractivity contribution in [2.45, 2.75) is 58.3 Å². The first-order chi connectivity index (χ1) is 8.29. The van der Waals surface area contributed by atoms with Gasteiger partial charge in [-0.25, -0.2) is 0 Å². The lowest BCUT2D eigenvalue weighted by Gasteiger charge is -2.04. The van der Waals surface area contributed by atoms with Crippen LogP contribution in [0.15, 0.2) is 18.2 Å². The molecule has 0 aliphatic heterocycles. The zero-order chi connectivity index (χ0) is 12.1. The minimum Gasteiger partial charge on any atom is -0.299 e. The molecule has 1 aromatic carbocycles. The molecule has 2 rings (SSSR count). The maximum Gasteiger partial charge on any atom is 0.137 e. The van der Waals surface area contributed by atoms with Crippen molar-refractivity contribution in [2.24, 2.45) is 0 Å². The summed E-state index contributed by atoms with van der Waals surface area (Å²) in [5.41, 5.74) is 4.18. The zero-order valence-corrected chi connectivity index (χ0v) is 10.8. The van der Waals surface area contributed by atoms with Gasteiger partial charge >= 0.3 is 0 Å². The van der Waals surface area contributed by atoms with E-state index < -0.39 is 0 Å². The van der Waals surface area contributed by atoms with Crippen molar-refractivity contribution in [3.8, 4) is 0 Å². The molecule has 0 saturated carbocycles. The molecule has 0 atom stereocenters. The van der Waals surface area contributed by atoms with E-state index in [1.165, 1.54) is 48.8 Å². The van der Waals surface area contributed by atoms with E-state index in [-0.39, 0.29) is 0 Å². The van der Waals surface area contributed by atoms with Gasteiger partial charge in [0.25, 0.3) is 0 Å². The number of unbranched alkanes of at least 4 members (excludes halogenated alkanes) is 2. The highest BCUT2D eigenvalue weighted by Crippen LogP contribution is 2.23. The molecule has 0 spiro atoms. The lowest BCUT2D eigenvalue weighted by molar-refractivity contribution is -0.118. The van der Waals surface area contributed by atoms with E-state index in [9.17, 15) is 4.79 Å². The van der Waals surface area contributed by atoms with Gasteiger partial charge in [-0.1, -0.05) is 38.0 Å². The lowest BCUT2D eigenvalue weighted by Crippen LogP contribution is -2.03. The zero-order valence-electron chi connectivity index (χ0n) is 10.8. The molecule has 0 unspecified atom stereocenters. The number of rotatable bonds is 6. The molecular weight excluding hydrogens is 208 g/mol. The summed E-state index contributed by atoms with van der Waals surface area (Å²) in [4.78, 5) is 11.8. The Morgan fingerprint density at radius 2 is 2.00 bits per heavy atom. The summed E-state index contributed by atoms with van der Waals surface area (Å²) in [6.07, 6.45) is 8.51. The summed E-state index contributed by atoms with van der Waals surface area (Å²) >= 11 is 0. The molecule has 1 nitrogen and oxygen atoms in total. The van der Waals surface area contributed by atoms with Gasteiger partial charge in [0.1, 0.15) is 5.78 Å². The van der Waals surface area contributed by atoms with E-state index >= 15 is 0 Å². The van der Waals surface area contributed by atoms with Crippen molar-refractivity contribution in [1.29, 1.82) is 0 Å². The first-order valence-corrected chi connectivity index (χ1v) is 6.92. The monoisotopic (exact) mass is 230 g/mol. The van der Waals surface area contributed by atoms with Gasteiger partial charge in [-0.05, 0) is 42.4 Å². The highest BCUT2D eigenvalue weighted by atomic mass is 16.1. The Bertz CT molecular complexity index is 393. The molecule has 0 radical (unpaired) electrons. The van der Waals surface area contributed by atoms with Crippen molar-refractivity contribution in [2.75, 3.05) is 0 Å². The van der Waals surface area contributed by atoms with Gasteiger partial charge in [-0.15, -0.1) is 0 Å². The van der Waals surface area contributed by atoms with Crippen LogP contribution in [0.3, 0.4) is 0 Å². The van der Waals surface area contributed by atoms with Gasteiger partial charge < -0.3 is 0 Å². The van der Waals surface area contributed by atoms with Gasteiger partial charge in [0.05, 0.1) is 0 Å². The number of carbonyl (C=O) groups is 1. The summed E-state index contributed by atoms with van der Waals surface area (Å²) in [6, 6.07) is 6.61. The van der Waals surface area contributed by atoms with Crippen LogP contribution < -0.4 is 0 Å².